The molecule has 0 aromatic heterocycles. The topological polar surface area (TPSA) is 44.4 Å². The molecule has 110 valence electrons. The van der Waals surface area contributed by atoms with E-state index < -0.39 is 0 Å². The van der Waals surface area contributed by atoms with E-state index in [1.165, 1.54) is 0 Å². The first-order chi connectivity index (χ1) is 10.3. The highest BCUT2D eigenvalue weighted by Gasteiger charge is 2.28. The van der Waals surface area contributed by atoms with Crippen molar-refractivity contribution in [3.63, 3.8) is 0 Å². The van der Waals surface area contributed by atoms with Gasteiger partial charge in [0.25, 0.3) is 0 Å². The Bertz CT molecular complexity index is 635. The van der Waals surface area contributed by atoms with Gasteiger partial charge in [0.1, 0.15) is 0 Å². The van der Waals surface area contributed by atoms with Gasteiger partial charge in [-0.05, 0) is 31.3 Å². The lowest BCUT2D eigenvalue weighted by Gasteiger charge is -2.25. The van der Waals surface area contributed by atoms with E-state index in [2.05, 4.69) is 22.8 Å². The second-order valence-electron chi connectivity index (χ2n) is 5.50. The number of urea groups is 1. The zero-order valence-corrected chi connectivity index (χ0v) is 12.3. The molecule has 0 radical (unpaired) electrons. The molecule has 3 rings (SSSR count). The summed E-state index contributed by atoms with van der Waals surface area (Å²) in [5, 5.41) is 8.46. The van der Waals surface area contributed by atoms with Gasteiger partial charge in [-0.15, -0.1) is 0 Å². The highest BCUT2D eigenvalue weighted by molar-refractivity contribution is 6.01. The Hall–Kier alpha value is -2.07. The third-order valence-corrected chi connectivity index (χ3v) is 4.11. The van der Waals surface area contributed by atoms with Crippen molar-refractivity contribution < 1.29 is 4.79 Å². The summed E-state index contributed by atoms with van der Waals surface area (Å²) in [7, 11) is 1.93. The van der Waals surface area contributed by atoms with E-state index in [1.807, 2.05) is 42.3 Å². The summed E-state index contributed by atoms with van der Waals surface area (Å²) >= 11 is 0. The van der Waals surface area contributed by atoms with Crippen molar-refractivity contribution in [3.8, 4) is 0 Å². The van der Waals surface area contributed by atoms with E-state index in [0.717, 1.165) is 42.4 Å². The highest BCUT2D eigenvalue weighted by Crippen LogP contribution is 2.24. The molecule has 1 unspecified atom stereocenters. The lowest BCUT2D eigenvalue weighted by molar-refractivity contribution is 0.206. The molecule has 1 saturated heterocycles. The molecule has 2 aromatic rings. The van der Waals surface area contributed by atoms with Crippen molar-refractivity contribution in [2.24, 2.45) is 0 Å². The summed E-state index contributed by atoms with van der Waals surface area (Å²) in [5.41, 5.74) is 0.883. The fraction of sp³-hybridized carbons (Fsp3) is 0.353. The van der Waals surface area contributed by atoms with Crippen molar-refractivity contribution >= 4 is 22.5 Å². The van der Waals surface area contributed by atoms with Crippen LogP contribution in [0.2, 0.25) is 0 Å². The zero-order chi connectivity index (χ0) is 14.7. The lowest BCUT2D eigenvalue weighted by atomic mass is 10.1. The minimum atomic E-state index is 0.00380. The van der Waals surface area contributed by atoms with Gasteiger partial charge >= 0.3 is 6.03 Å². The molecule has 0 bridgehead atoms. The summed E-state index contributed by atoms with van der Waals surface area (Å²) in [5.74, 6) is 0. The fourth-order valence-electron chi connectivity index (χ4n) is 3.07. The number of hydrogen-bond acceptors (Lipinski definition) is 2. The normalized spacial score (nSPS) is 18.1. The number of nitrogens with zero attached hydrogens (tertiary/aromatic N) is 1. The van der Waals surface area contributed by atoms with Crippen LogP contribution in [0.5, 0.6) is 0 Å². The van der Waals surface area contributed by atoms with E-state index >= 15 is 0 Å². The summed E-state index contributed by atoms with van der Waals surface area (Å²) in [6.07, 6.45) is 2.15. The first-order valence-corrected chi connectivity index (χ1v) is 7.49. The highest BCUT2D eigenvalue weighted by atomic mass is 16.2. The largest absolute Gasteiger partial charge is 0.322 e. The van der Waals surface area contributed by atoms with Crippen molar-refractivity contribution in [3.05, 3.63) is 42.5 Å². The molecule has 2 N–H and O–H groups in total. The van der Waals surface area contributed by atoms with Gasteiger partial charge in [-0.3, -0.25) is 0 Å². The van der Waals surface area contributed by atoms with E-state index in [-0.39, 0.29) is 6.03 Å². The molecular formula is C17H21N3O. The quantitative estimate of drug-likeness (QED) is 0.909. The molecule has 1 atom stereocenters. The molecule has 1 fully saturated rings. The Morgan fingerprint density at radius 1 is 1.24 bits per heavy atom. The van der Waals surface area contributed by atoms with Crippen LogP contribution in [0.4, 0.5) is 10.5 Å². The standard InChI is InChI=1S/C17H21N3O/c1-18-12-14-8-5-11-20(14)17(21)19-16-10-4-7-13-6-2-3-9-15(13)16/h2-4,6-7,9-10,14,18H,5,8,11-12H2,1H3,(H,19,21). The molecule has 1 heterocycles. The molecule has 4 heteroatoms. The number of hydrogen-bond donors (Lipinski definition) is 2. The van der Waals surface area contributed by atoms with Crippen molar-refractivity contribution in [1.29, 1.82) is 0 Å². The second kappa shape index (κ2) is 6.14. The number of rotatable bonds is 3. The number of anilines is 1. The van der Waals surface area contributed by atoms with Crippen LogP contribution in [0.15, 0.2) is 42.5 Å². The molecule has 2 amide bonds. The van der Waals surface area contributed by atoms with Crippen LogP contribution in [-0.2, 0) is 0 Å². The summed E-state index contributed by atoms with van der Waals surface area (Å²) in [6, 6.07) is 14.4. The van der Waals surface area contributed by atoms with Crippen LogP contribution < -0.4 is 10.6 Å². The van der Waals surface area contributed by atoms with E-state index in [4.69, 9.17) is 0 Å². The predicted octanol–water partition coefficient (Wildman–Crippen LogP) is 3.06. The second-order valence-corrected chi connectivity index (χ2v) is 5.50. The maximum Gasteiger partial charge on any atom is 0.322 e. The van der Waals surface area contributed by atoms with Crippen LogP contribution >= 0.6 is 0 Å². The molecule has 1 aliphatic rings. The SMILES string of the molecule is CNCC1CCCN1C(=O)Nc1cccc2ccccc12. The number of fused-ring (bicyclic) bond motifs is 1. The molecule has 2 aromatic carbocycles. The minimum Gasteiger partial charge on any atom is -0.320 e. The van der Waals surface area contributed by atoms with Crippen LogP contribution in [-0.4, -0.2) is 37.1 Å². The van der Waals surface area contributed by atoms with Crippen LogP contribution in [0.25, 0.3) is 10.8 Å². The van der Waals surface area contributed by atoms with Crippen molar-refractivity contribution in [1.82, 2.24) is 10.2 Å². The van der Waals surface area contributed by atoms with Gasteiger partial charge in [0, 0.05) is 24.5 Å². The molecule has 21 heavy (non-hydrogen) atoms. The molecule has 0 aliphatic carbocycles. The van der Waals surface area contributed by atoms with Crippen LogP contribution in [0.3, 0.4) is 0 Å². The molecule has 0 saturated carbocycles. The van der Waals surface area contributed by atoms with Gasteiger partial charge in [0.05, 0.1) is 5.69 Å². The average molecular weight is 283 g/mol. The number of amides is 2. The Kier molecular flexibility index (Phi) is 4.06. The first-order valence-electron chi connectivity index (χ1n) is 7.49. The van der Waals surface area contributed by atoms with E-state index in [1.54, 1.807) is 0 Å². The average Bonchev–Trinajstić information content (AvgIpc) is 2.96. The Morgan fingerprint density at radius 2 is 2.05 bits per heavy atom. The number of benzene rings is 2. The van der Waals surface area contributed by atoms with Crippen molar-refractivity contribution in [2.75, 3.05) is 25.5 Å². The molecule has 4 nitrogen and oxygen atoms in total. The predicted molar refractivity (Wildman–Crippen MR) is 86.6 cm³/mol. The third kappa shape index (κ3) is 2.85. The monoisotopic (exact) mass is 283 g/mol. The van der Waals surface area contributed by atoms with Gasteiger partial charge < -0.3 is 15.5 Å². The molecule has 1 aliphatic heterocycles. The van der Waals surface area contributed by atoms with Gasteiger partial charge in [-0.2, -0.15) is 0 Å². The summed E-state index contributed by atoms with van der Waals surface area (Å²) in [4.78, 5) is 14.5. The van der Waals surface area contributed by atoms with Gasteiger partial charge in [0.2, 0.25) is 0 Å². The van der Waals surface area contributed by atoms with Gasteiger partial charge in [0.15, 0.2) is 0 Å². The summed E-state index contributed by atoms with van der Waals surface area (Å²) in [6.45, 7) is 1.69. The van der Waals surface area contributed by atoms with Gasteiger partial charge in [-0.1, -0.05) is 36.4 Å². The zero-order valence-electron chi connectivity index (χ0n) is 12.3. The number of likely N-dealkylation sites (tertiary alicyclic amines) is 1. The fourth-order valence-corrected chi connectivity index (χ4v) is 3.07. The minimum absolute atomic E-state index is 0.00380. The number of nitrogens with one attached hydrogen (secondary N) is 2. The van der Waals surface area contributed by atoms with Gasteiger partial charge in [-0.25, -0.2) is 4.79 Å². The lowest BCUT2D eigenvalue weighted by Crippen LogP contribution is -2.43. The Balaban J connectivity index is 1.80. The maximum atomic E-state index is 12.5. The van der Waals surface area contributed by atoms with Crippen LogP contribution in [0.1, 0.15) is 12.8 Å². The molecular weight excluding hydrogens is 262 g/mol. The smallest absolute Gasteiger partial charge is 0.320 e. The van der Waals surface area contributed by atoms with Crippen molar-refractivity contribution in [2.45, 2.75) is 18.9 Å². The van der Waals surface area contributed by atoms with Crippen LogP contribution in [0, 0.1) is 0 Å². The number of carbonyl (C=O) groups is 1. The number of likely N-dealkylation sites (N-methyl/N-ethyl adjacent to an activating group) is 1. The first kappa shape index (κ1) is 13.9. The Morgan fingerprint density at radius 3 is 2.90 bits per heavy atom. The number of carbonyl (C=O) groups excluding carboxylic acids is 1. The van der Waals surface area contributed by atoms with E-state index in [0.29, 0.717) is 6.04 Å². The maximum absolute atomic E-state index is 12.5. The summed E-state index contributed by atoms with van der Waals surface area (Å²) < 4.78 is 0. The third-order valence-electron chi connectivity index (χ3n) is 4.11. The Labute approximate surface area is 125 Å². The van der Waals surface area contributed by atoms with E-state index in [9.17, 15) is 4.79 Å². The molecule has 0 spiro atoms.